The summed E-state index contributed by atoms with van der Waals surface area (Å²) in [5.41, 5.74) is 5.14. The van der Waals surface area contributed by atoms with Crippen LogP contribution in [0, 0.1) is 0 Å². The van der Waals surface area contributed by atoms with Crippen LogP contribution in [0.5, 0.6) is 0 Å². The molecule has 0 spiro atoms. The maximum atomic E-state index is 13.0. The van der Waals surface area contributed by atoms with Crippen molar-refractivity contribution in [1.29, 1.82) is 0 Å². The zero-order chi connectivity index (χ0) is 19.3. The van der Waals surface area contributed by atoms with Crippen LogP contribution in [0.15, 0.2) is 15.5 Å². The predicted octanol–water partition coefficient (Wildman–Crippen LogP) is 2.00. The van der Waals surface area contributed by atoms with Gasteiger partial charge in [0.15, 0.2) is 0 Å². The quantitative estimate of drug-likeness (QED) is 0.709. The number of nitrogens with zero attached hydrogens (tertiary/aromatic N) is 4. The standard InChI is InChI=1S/C18H23N7O2S/c19-28(27,15-10-21-25-9-3-8-20-17(15)25)24-18(26)23-16-11-4-1-6-13(11)22-14-7-2-5-12(14)16/h10,20H,1-9H2,(H3,19,22,23,24,26,27). The minimum absolute atomic E-state index is 0.271. The number of rotatable bonds is 2. The number of hydrogen-bond donors (Lipinski definition) is 3. The van der Waals surface area contributed by atoms with E-state index in [9.17, 15) is 9.00 Å². The third-order valence-electron chi connectivity index (χ3n) is 5.66. The van der Waals surface area contributed by atoms with Crippen molar-refractivity contribution < 1.29 is 9.00 Å². The number of nitrogens with two attached hydrogens (primary N) is 1. The van der Waals surface area contributed by atoms with E-state index in [2.05, 4.69) is 20.1 Å². The van der Waals surface area contributed by atoms with Crippen molar-refractivity contribution in [2.75, 3.05) is 17.2 Å². The third-order valence-corrected chi connectivity index (χ3v) is 7.03. The van der Waals surface area contributed by atoms with Crippen LogP contribution in [-0.2, 0) is 42.1 Å². The van der Waals surface area contributed by atoms with Gasteiger partial charge in [0.1, 0.15) is 20.6 Å². The van der Waals surface area contributed by atoms with Crippen molar-refractivity contribution in [3.8, 4) is 0 Å². The number of pyridine rings is 1. The first kappa shape index (κ1) is 17.6. The number of carbonyl (C=O) groups is 1. The molecule has 2 aromatic rings. The smallest absolute Gasteiger partial charge is 0.354 e. The second kappa shape index (κ2) is 6.56. The van der Waals surface area contributed by atoms with Crippen LogP contribution >= 0.6 is 0 Å². The molecular weight excluding hydrogens is 378 g/mol. The topological polar surface area (TPSA) is 127 Å². The van der Waals surface area contributed by atoms with Gasteiger partial charge in [-0.15, -0.1) is 4.36 Å². The SMILES string of the molecule is NS(=O)(=NC(=O)Nc1c2c(nc3c1CCC3)CCC2)c1cnn2c1NCCC2. The van der Waals surface area contributed by atoms with Gasteiger partial charge < -0.3 is 10.6 Å². The Morgan fingerprint density at radius 1 is 1.18 bits per heavy atom. The molecule has 0 radical (unpaired) electrons. The number of aryl methyl sites for hydroxylation is 3. The van der Waals surface area contributed by atoms with Crippen molar-refractivity contribution in [3.63, 3.8) is 0 Å². The fourth-order valence-electron chi connectivity index (χ4n) is 4.40. The molecule has 1 unspecified atom stereocenters. The van der Waals surface area contributed by atoms with Crippen LogP contribution in [0.1, 0.15) is 41.8 Å². The number of aromatic nitrogens is 3. The molecule has 0 bridgehead atoms. The van der Waals surface area contributed by atoms with Gasteiger partial charge >= 0.3 is 6.03 Å². The number of amides is 2. The Morgan fingerprint density at radius 3 is 2.61 bits per heavy atom. The van der Waals surface area contributed by atoms with Gasteiger partial charge in [-0.05, 0) is 56.1 Å². The fourth-order valence-corrected chi connectivity index (χ4v) is 5.45. The predicted molar refractivity (Wildman–Crippen MR) is 106 cm³/mol. The van der Waals surface area contributed by atoms with E-state index in [1.807, 2.05) is 0 Å². The molecule has 1 aliphatic heterocycles. The van der Waals surface area contributed by atoms with Crippen molar-refractivity contribution in [2.45, 2.75) is 56.4 Å². The summed E-state index contributed by atoms with van der Waals surface area (Å²) in [6, 6.07) is -0.683. The molecule has 0 saturated carbocycles. The molecule has 2 aliphatic carbocycles. The third kappa shape index (κ3) is 2.87. The molecule has 3 heterocycles. The summed E-state index contributed by atoms with van der Waals surface area (Å²) < 4.78 is 18.6. The highest BCUT2D eigenvalue weighted by molar-refractivity contribution is 7.91. The van der Waals surface area contributed by atoms with Crippen LogP contribution in [0.3, 0.4) is 0 Å². The zero-order valence-electron chi connectivity index (χ0n) is 15.5. The molecule has 4 N–H and O–H groups in total. The largest absolute Gasteiger partial charge is 0.369 e. The maximum Gasteiger partial charge on any atom is 0.354 e. The molecule has 5 rings (SSSR count). The summed E-state index contributed by atoms with van der Waals surface area (Å²) in [7, 11) is -3.40. The monoisotopic (exact) mass is 401 g/mol. The number of anilines is 2. The second-order valence-corrected chi connectivity index (χ2v) is 9.26. The number of urea groups is 1. The molecule has 148 valence electrons. The molecule has 2 amide bonds. The molecule has 1 atom stereocenters. The summed E-state index contributed by atoms with van der Waals surface area (Å²) >= 11 is 0. The summed E-state index contributed by atoms with van der Waals surface area (Å²) in [6.45, 7) is 1.47. The van der Waals surface area contributed by atoms with E-state index in [0.29, 0.717) is 5.82 Å². The van der Waals surface area contributed by atoms with Crippen molar-refractivity contribution in [3.05, 3.63) is 28.7 Å². The fraction of sp³-hybridized carbons (Fsp3) is 0.500. The van der Waals surface area contributed by atoms with Gasteiger partial charge in [0.05, 0.1) is 11.9 Å². The van der Waals surface area contributed by atoms with E-state index in [-0.39, 0.29) is 4.90 Å². The van der Waals surface area contributed by atoms with Crippen molar-refractivity contribution >= 4 is 27.5 Å². The van der Waals surface area contributed by atoms with Gasteiger partial charge in [-0.3, -0.25) is 4.98 Å². The number of hydrogen-bond acceptors (Lipinski definition) is 5. The Balaban J connectivity index is 1.49. The lowest BCUT2D eigenvalue weighted by molar-refractivity contribution is 0.260. The van der Waals surface area contributed by atoms with Gasteiger partial charge in [-0.2, -0.15) is 5.10 Å². The molecule has 28 heavy (non-hydrogen) atoms. The normalized spacial score (nSPS) is 19.2. The summed E-state index contributed by atoms with van der Waals surface area (Å²) in [6.07, 6.45) is 8.09. The van der Waals surface area contributed by atoms with Crippen LogP contribution in [0.2, 0.25) is 0 Å². The number of nitrogens with one attached hydrogen (secondary N) is 2. The Bertz CT molecular complexity index is 1070. The number of carbonyl (C=O) groups excluding carboxylic acids is 1. The van der Waals surface area contributed by atoms with E-state index in [1.165, 1.54) is 6.20 Å². The molecule has 3 aliphatic rings. The Kier molecular flexibility index (Phi) is 4.13. The van der Waals surface area contributed by atoms with E-state index < -0.39 is 15.9 Å². The molecular formula is C18H23N7O2S. The van der Waals surface area contributed by atoms with Gasteiger partial charge in [-0.1, -0.05) is 0 Å². The Hall–Kier alpha value is -2.46. The first-order valence-corrected chi connectivity index (χ1v) is 11.3. The molecule has 9 nitrogen and oxygen atoms in total. The van der Waals surface area contributed by atoms with Gasteiger partial charge in [-0.25, -0.2) is 18.8 Å². The molecule has 0 fully saturated rings. The van der Waals surface area contributed by atoms with Crippen LogP contribution in [-0.4, -0.2) is 31.5 Å². The van der Waals surface area contributed by atoms with Crippen molar-refractivity contribution in [1.82, 2.24) is 14.8 Å². The van der Waals surface area contributed by atoms with Crippen LogP contribution in [0.25, 0.3) is 0 Å². The summed E-state index contributed by atoms with van der Waals surface area (Å²) in [5, 5.41) is 16.2. The van der Waals surface area contributed by atoms with Crippen LogP contribution in [0.4, 0.5) is 16.3 Å². The van der Waals surface area contributed by atoms with Gasteiger partial charge in [0.25, 0.3) is 0 Å². The average molecular weight is 401 g/mol. The molecule has 10 heteroatoms. The maximum absolute atomic E-state index is 13.0. The second-order valence-electron chi connectivity index (χ2n) is 7.50. The zero-order valence-corrected chi connectivity index (χ0v) is 16.3. The summed E-state index contributed by atoms with van der Waals surface area (Å²) in [5.74, 6) is 0.584. The van der Waals surface area contributed by atoms with Gasteiger partial charge in [0, 0.05) is 24.5 Å². The summed E-state index contributed by atoms with van der Waals surface area (Å²) in [4.78, 5) is 17.7. The Labute approximate surface area is 163 Å². The van der Waals surface area contributed by atoms with E-state index in [0.717, 1.165) is 86.2 Å². The van der Waals surface area contributed by atoms with E-state index in [1.54, 1.807) is 4.68 Å². The highest BCUT2D eigenvalue weighted by Gasteiger charge is 2.27. The number of fused-ring (bicyclic) bond motifs is 3. The molecule has 0 saturated heterocycles. The van der Waals surface area contributed by atoms with Gasteiger partial charge in [0.2, 0.25) is 0 Å². The minimum Gasteiger partial charge on any atom is -0.369 e. The van der Waals surface area contributed by atoms with E-state index >= 15 is 0 Å². The lowest BCUT2D eigenvalue weighted by atomic mass is 10.1. The average Bonchev–Trinajstić information content (AvgIpc) is 3.39. The van der Waals surface area contributed by atoms with Crippen LogP contribution < -0.4 is 15.8 Å². The first-order valence-electron chi connectivity index (χ1n) is 9.72. The lowest BCUT2D eigenvalue weighted by Gasteiger charge is -2.17. The van der Waals surface area contributed by atoms with E-state index in [4.69, 9.17) is 10.1 Å². The highest BCUT2D eigenvalue weighted by atomic mass is 32.2. The van der Waals surface area contributed by atoms with Crippen molar-refractivity contribution in [2.24, 2.45) is 9.50 Å². The molecule has 0 aromatic carbocycles. The first-order chi connectivity index (χ1) is 13.5. The Morgan fingerprint density at radius 2 is 1.89 bits per heavy atom. The minimum atomic E-state index is -3.40. The highest BCUT2D eigenvalue weighted by Crippen LogP contribution is 2.36. The molecule has 2 aromatic heterocycles. The lowest BCUT2D eigenvalue weighted by Crippen LogP contribution is -2.22.